The van der Waals surface area contributed by atoms with E-state index in [9.17, 15) is 4.79 Å². The summed E-state index contributed by atoms with van der Waals surface area (Å²) < 4.78 is 0. The molecule has 0 atom stereocenters. The van der Waals surface area contributed by atoms with Crippen LogP contribution in [0.4, 0.5) is 5.82 Å². The Morgan fingerprint density at radius 1 is 1.40 bits per heavy atom. The van der Waals surface area contributed by atoms with Crippen molar-refractivity contribution < 1.29 is 9.90 Å². The van der Waals surface area contributed by atoms with Crippen molar-refractivity contribution in [3.8, 4) is 0 Å². The molecule has 0 saturated heterocycles. The molecule has 1 aromatic heterocycles. The van der Waals surface area contributed by atoms with E-state index in [1.165, 1.54) is 12.4 Å². The van der Waals surface area contributed by atoms with Gasteiger partial charge in [0.25, 0.3) is 0 Å². The predicted octanol–water partition coefficient (Wildman–Crippen LogP) is 1.63. The molecule has 0 amide bonds. The second-order valence-corrected chi connectivity index (χ2v) is 4.47. The maximum absolute atomic E-state index is 10.8. The van der Waals surface area contributed by atoms with Crippen LogP contribution in [0.3, 0.4) is 0 Å². The Morgan fingerprint density at radius 3 is 2.53 bits per heavy atom. The van der Waals surface area contributed by atoms with E-state index in [1.54, 1.807) is 0 Å². The molecule has 2 N–H and O–H groups in total. The summed E-state index contributed by atoms with van der Waals surface area (Å²) in [5, 5.41) is 11.8. The molecular weight excluding hydrogens is 194 g/mol. The van der Waals surface area contributed by atoms with E-state index in [4.69, 9.17) is 5.11 Å². The summed E-state index contributed by atoms with van der Waals surface area (Å²) in [6.45, 7) is 6.80. The normalized spacial score (nSPS) is 11.1. The monoisotopic (exact) mass is 209 g/mol. The third-order valence-corrected chi connectivity index (χ3v) is 1.69. The van der Waals surface area contributed by atoms with Crippen LogP contribution in [0.5, 0.6) is 0 Å². The summed E-state index contributed by atoms with van der Waals surface area (Å²) in [5.41, 5.74) is 0.0227. The fourth-order valence-electron chi connectivity index (χ4n) is 0.973. The molecule has 15 heavy (non-hydrogen) atoms. The quantitative estimate of drug-likeness (QED) is 0.791. The highest BCUT2D eigenvalue weighted by Crippen LogP contribution is 2.15. The number of nitrogens with zero attached hydrogens (tertiary/aromatic N) is 2. The zero-order valence-electron chi connectivity index (χ0n) is 9.11. The summed E-state index contributed by atoms with van der Waals surface area (Å²) in [5.74, 6) is -0.751. The molecule has 0 bridgehead atoms. The lowest BCUT2D eigenvalue weighted by atomic mass is 9.97. The van der Waals surface area contributed by atoms with E-state index in [1.807, 2.05) is 0 Å². The van der Waals surface area contributed by atoms with Gasteiger partial charge in [-0.05, 0) is 5.41 Å². The number of anilines is 1. The van der Waals surface area contributed by atoms with Crippen molar-refractivity contribution in [2.24, 2.45) is 5.41 Å². The van der Waals surface area contributed by atoms with Crippen LogP contribution in [0.25, 0.3) is 0 Å². The molecule has 0 saturated carbocycles. The smallest absolute Gasteiger partial charge is 0.358 e. The fourth-order valence-corrected chi connectivity index (χ4v) is 0.973. The van der Waals surface area contributed by atoms with Gasteiger partial charge < -0.3 is 10.4 Å². The predicted molar refractivity (Wildman–Crippen MR) is 56.9 cm³/mol. The van der Waals surface area contributed by atoms with Gasteiger partial charge in [0.15, 0.2) is 11.5 Å². The van der Waals surface area contributed by atoms with Crippen molar-refractivity contribution in [1.82, 2.24) is 9.97 Å². The number of carboxylic acids is 1. The Kier molecular flexibility index (Phi) is 3.24. The number of hydrogen-bond donors (Lipinski definition) is 2. The Hall–Kier alpha value is -1.65. The lowest BCUT2D eigenvalue weighted by Gasteiger charge is -2.19. The molecule has 1 aromatic rings. The molecule has 0 radical (unpaired) electrons. The summed E-state index contributed by atoms with van der Waals surface area (Å²) in [4.78, 5) is 18.5. The van der Waals surface area contributed by atoms with Gasteiger partial charge in [0.1, 0.15) is 0 Å². The number of nitrogens with one attached hydrogen (secondary N) is 1. The van der Waals surface area contributed by atoms with Crippen molar-refractivity contribution in [3.05, 3.63) is 18.1 Å². The molecule has 0 aliphatic rings. The highest BCUT2D eigenvalue weighted by atomic mass is 16.4. The van der Waals surface area contributed by atoms with Gasteiger partial charge in [-0.2, -0.15) is 0 Å². The third kappa shape index (κ3) is 3.53. The molecule has 0 aliphatic carbocycles. The van der Waals surface area contributed by atoms with Crippen molar-refractivity contribution in [3.63, 3.8) is 0 Å². The van der Waals surface area contributed by atoms with Crippen molar-refractivity contribution in [2.75, 3.05) is 11.9 Å². The van der Waals surface area contributed by atoms with Gasteiger partial charge in [-0.1, -0.05) is 20.8 Å². The fraction of sp³-hybridized carbons (Fsp3) is 0.500. The summed E-state index contributed by atoms with van der Waals surface area (Å²) in [6, 6.07) is 0. The molecule has 5 nitrogen and oxygen atoms in total. The highest BCUT2D eigenvalue weighted by Gasteiger charge is 2.15. The van der Waals surface area contributed by atoms with E-state index in [0.29, 0.717) is 12.4 Å². The van der Waals surface area contributed by atoms with Gasteiger partial charge in [0, 0.05) is 18.9 Å². The van der Waals surface area contributed by atoms with Gasteiger partial charge >= 0.3 is 5.97 Å². The first-order valence-corrected chi connectivity index (χ1v) is 4.68. The molecule has 5 heteroatoms. The highest BCUT2D eigenvalue weighted by molar-refractivity contribution is 5.90. The lowest BCUT2D eigenvalue weighted by Crippen LogP contribution is -2.21. The van der Waals surface area contributed by atoms with Crippen LogP contribution in [-0.4, -0.2) is 27.6 Å². The van der Waals surface area contributed by atoms with Crippen LogP contribution in [0, 0.1) is 5.41 Å². The number of aromatic carboxylic acids is 1. The van der Waals surface area contributed by atoms with E-state index in [-0.39, 0.29) is 11.1 Å². The summed E-state index contributed by atoms with van der Waals surface area (Å²) in [7, 11) is 0. The largest absolute Gasteiger partial charge is 0.476 e. The van der Waals surface area contributed by atoms with E-state index in [0.717, 1.165) is 0 Å². The Morgan fingerprint density at radius 2 is 2.00 bits per heavy atom. The Labute approximate surface area is 88.6 Å². The second kappa shape index (κ2) is 4.25. The van der Waals surface area contributed by atoms with E-state index in [2.05, 4.69) is 36.1 Å². The molecule has 0 spiro atoms. The average Bonchev–Trinajstić information content (AvgIpc) is 2.14. The Bertz CT molecular complexity index is 358. The topological polar surface area (TPSA) is 75.1 Å². The van der Waals surface area contributed by atoms with Gasteiger partial charge in [0.05, 0.1) is 0 Å². The van der Waals surface area contributed by atoms with Gasteiger partial charge in [-0.25, -0.2) is 14.8 Å². The first kappa shape index (κ1) is 11.4. The first-order chi connectivity index (χ1) is 6.90. The van der Waals surface area contributed by atoms with Crippen molar-refractivity contribution in [1.29, 1.82) is 0 Å². The molecular formula is C10H15N3O2. The number of carboxylic acid groups (broad SMARTS) is 1. The molecule has 1 rings (SSSR count). The van der Waals surface area contributed by atoms with Gasteiger partial charge in [-0.15, -0.1) is 0 Å². The molecule has 82 valence electrons. The van der Waals surface area contributed by atoms with Crippen LogP contribution in [0.1, 0.15) is 31.3 Å². The van der Waals surface area contributed by atoms with Crippen molar-refractivity contribution in [2.45, 2.75) is 20.8 Å². The summed E-state index contributed by atoms with van der Waals surface area (Å²) >= 11 is 0. The lowest BCUT2D eigenvalue weighted by molar-refractivity contribution is 0.0691. The molecule has 0 aromatic carbocycles. The SMILES string of the molecule is CC(C)(C)CNc1nccnc1C(=O)O. The van der Waals surface area contributed by atoms with E-state index >= 15 is 0 Å². The number of carbonyl (C=O) groups is 1. The van der Waals surface area contributed by atoms with Crippen molar-refractivity contribution >= 4 is 11.8 Å². The maximum atomic E-state index is 10.8. The standard InChI is InChI=1S/C10H15N3O2/c1-10(2,3)6-13-8-7(9(14)15)11-4-5-12-8/h4-5H,6H2,1-3H3,(H,12,13)(H,14,15). The maximum Gasteiger partial charge on any atom is 0.358 e. The van der Waals surface area contributed by atoms with Crippen LogP contribution in [-0.2, 0) is 0 Å². The summed E-state index contributed by atoms with van der Waals surface area (Å²) in [6.07, 6.45) is 2.84. The Balaban J connectivity index is 2.81. The minimum absolute atomic E-state index is 0.0400. The number of aromatic nitrogens is 2. The molecule has 1 heterocycles. The zero-order chi connectivity index (χ0) is 11.5. The number of hydrogen-bond acceptors (Lipinski definition) is 4. The van der Waals surface area contributed by atoms with Crippen LogP contribution >= 0.6 is 0 Å². The zero-order valence-corrected chi connectivity index (χ0v) is 9.11. The minimum atomic E-state index is -1.07. The van der Waals surface area contributed by atoms with Crippen LogP contribution < -0.4 is 5.32 Å². The van der Waals surface area contributed by atoms with Crippen LogP contribution in [0.15, 0.2) is 12.4 Å². The first-order valence-electron chi connectivity index (χ1n) is 4.68. The van der Waals surface area contributed by atoms with Gasteiger partial charge in [0.2, 0.25) is 0 Å². The van der Waals surface area contributed by atoms with Crippen LogP contribution in [0.2, 0.25) is 0 Å². The third-order valence-electron chi connectivity index (χ3n) is 1.69. The second-order valence-electron chi connectivity index (χ2n) is 4.47. The van der Waals surface area contributed by atoms with E-state index < -0.39 is 5.97 Å². The molecule has 0 aliphatic heterocycles. The number of rotatable bonds is 3. The molecule has 0 fully saturated rings. The van der Waals surface area contributed by atoms with Gasteiger partial charge in [-0.3, -0.25) is 0 Å². The minimum Gasteiger partial charge on any atom is -0.476 e. The average molecular weight is 209 g/mol. The molecule has 0 unspecified atom stereocenters.